The van der Waals surface area contributed by atoms with Gasteiger partial charge in [0.15, 0.2) is 0 Å². The van der Waals surface area contributed by atoms with Crippen molar-refractivity contribution >= 4 is 38.6 Å². The molecule has 0 saturated heterocycles. The van der Waals surface area contributed by atoms with E-state index in [4.69, 9.17) is 10.3 Å². The Morgan fingerprint density at radius 3 is 1.67 bits per heavy atom. The molecule has 1 unspecified atom stereocenters. The predicted octanol–water partition coefficient (Wildman–Crippen LogP) is 12.5. The van der Waals surface area contributed by atoms with Crippen molar-refractivity contribution in [1.29, 1.82) is 0 Å². The number of benzene rings is 5. The molecule has 0 aliphatic heterocycles. The largest absolute Gasteiger partial charge is 0.672 e. The van der Waals surface area contributed by atoms with Gasteiger partial charge in [0.1, 0.15) is 0 Å². The van der Waals surface area contributed by atoms with Gasteiger partial charge in [-0.1, -0.05) is 141 Å². The molecular formula is C39H42HfN2S-4. The van der Waals surface area contributed by atoms with E-state index in [1.165, 1.54) is 38.2 Å². The van der Waals surface area contributed by atoms with Gasteiger partial charge in [0.25, 0.3) is 0 Å². The van der Waals surface area contributed by atoms with Crippen molar-refractivity contribution in [2.75, 3.05) is 0 Å². The zero-order chi connectivity index (χ0) is 26.9. The van der Waals surface area contributed by atoms with Crippen molar-refractivity contribution in [2.24, 2.45) is 0 Å². The number of para-hydroxylation sites is 1. The minimum absolute atomic E-state index is 0. The maximum atomic E-state index is 5.52. The van der Waals surface area contributed by atoms with Gasteiger partial charge in [-0.15, -0.1) is 17.0 Å². The van der Waals surface area contributed by atoms with Crippen LogP contribution in [0.4, 0.5) is 5.69 Å². The third-order valence-electron chi connectivity index (χ3n) is 7.50. The summed E-state index contributed by atoms with van der Waals surface area (Å²) in [5.41, 5.74) is 7.07. The second-order valence-corrected chi connectivity index (χ2v) is 11.7. The number of nitrogens with zero attached hydrogens (tertiary/aromatic N) is 2. The Morgan fingerprint density at radius 2 is 1.14 bits per heavy atom. The Balaban J connectivity index is 0.00000161. The number of thiazole rings is 1. The molecule has 1 atom stereocenters. The van der Waals surface area contributed by atoms with Crippen molar-refractivity contribution in [1.82, 2.24) is 4.98 Å². The van der Waals surface area contributed by atoms with Gasteiger partial charge in [-0.3, -0.25) is 0 Å². The first-order chi connectivity index (χ1) is 19.0. The third-order valence-corrected chi connectivity index (χ3v) is 8.40. The monoisotopic (exact) mass is 750 g/mol. The Bertz CT molecular complexity index is 1670. The smallest absolute Gasteiger partial charge is 0.0831 e. The van der Waals surface area contributed by atoms with Crippen molar-refractivity contribution in [3.63, 3.8) is 0 Å². The van der Waals surface area contributed by atoms with E-state index in [1.807, 2.05) is 0 Å². The first kappa shape index (κ1) is 36.1. The SMILES string of the molecule is CC(C)c1cccc(C(C)C)c1[N-]C(c1ccccc1)c1nc(-c2c3ccccc3cc3ccccc23)cs1.[CH3-].[CH3-].[CH3-].[Hf]. The summed E-state index contributed by atoms with van der Waals surface area (Å²) in [6, 6.07) is 36.6. The summed E-state index contributed by atoms with van der Waals surface area (Å²) < 4.78 is 0. The molecule has 6 aromatic rings. The zero-order valence-corrected chi connectivity index (χ0v) is 30.8. The molecule has 6 rings (SSSR count). The molecular weight excluding hydrogens is 707 g/mol. The summed E-state index contributed by atoms with van der Waals surface area (Å²) in [5.74, 6) is 0.764. The number of fused-ring (bicyclic) bond motifs is 2. The molecule has 1 heterocycles. The van der Waals surface area contributed by atoms with Crippen LogP contribution in [-0.4, -0.2) is 4.98 Å². The summed E-state index contributed by atoms with van der Waals surface area (Å²) >= 11 is 1.71. The topological polar surface area (TPSA) is 27.0 Å². The van der Waals surface area contributed by atoms with Gasteiger partial charge in [-0.05, 0) is 45.5 Å². The Morgan fingerprint density at radius 1 is 0.628 bits per heavy atom. The molecule has 0 aliphatic rings. The number of aromatic nitrogens is 1. The van der Waals surface area contributed by atoms with Crippen LogP contribution < -0.4 is 0 Å². The molecule has 1 aromatic heterocycles. The molecule has 222 valence electrons. The summed E-state index contributed by atoms with van der Waals surface area (Å²) in [5, 5.41) is 13.7. The Kier molecular flexibility index (Phi) is 13.1. The number of rotatable bonds is 7. The van der Waals surface area contributed by atoms with Crippen LogP contribution >= 0.6 is 11.3 Å². The van der Waals surface area contributed by atoms with Gasteiger partial charge in [-0.2, -0.15) is 0 Å². The van der Waals surface area contributed by atoms with Gasteiger partial charge in [0.2, 0.25) is 0 Å². The molecule has 0 bridgehead atoms. The van der Waals surface area contributed by atoms with E-state index in [1.54, 1.807) is 11.3 Å². The van der Waals surface area contributed by atoms with Crippen LogP contribution in [0.3, 0.4) is 0 Å². The van der Waals surface area contributed by atoms with Crippen LogP contribution in [-0.2, 0) is 25.8 Å². The molecule has 0 spiro atoms. The van der Waals surface area contributed by atoms with Crippen LogP contribution in [0.1, 0.15) is 67.3 Å². The van der Waals surface area contributed by atoms with E-state index < -0.39 is 0 Å². The van der Waals surface area contributed by atoms with Gasteiger partial charge in [-0.25, -0.2) is 4.98 Å². The third kappa shape index (κ3) is 7.19. The second-order valence-electron chi connectivity index (χ2n) is 10.8. The average Bonchev–Trinajstić information content (AvgIpc) is 3.44. The van der Waals surface area contributed by atoms with E-state index in [-0.39, 0.29) is 54.2 Å². The Labute approximate surface area is 282 Å². The zero-order valence-electron chi connectivity index (χ0n) is 26.4. The van der Waals surface area contributed by atoms with Crippen LogP contribution in [0, 0.1) is 22.3 Å². The van der Waals surface area contributed by atoms with Gasteiger partial charge in [0, 0.05) is 36.8 Å². The summed E-state index contributed by atoms with van der Waals surface area (Å²) in [7, 11) is 0. The summed E-state index contributed by atoms with van der Waals surface area (Å²) in [6.07, 6.45) is 0. The summed E-state index contributed by atoms with van der Waals surface area (Å²) in [4.78, 5) is 5.33. The first-order valence-corrected chi connectivity index (χ1v) is 14.6. The number of hydrogen-bond donors (Lipinski definition) is 0. The molecule has 0 amide bonds. The van der Waals surface area contributed by atoms with E-state index in [0.717, 1.165) is 22.0 Å². The number of hydrogen-bond acceptors (Lipinski definition) is 2. The van der Waals surface area contributed by atoms with Crippen LogP contribution in [0.5, 0.6) is 0 Å². The molecule has 4 heteroatoms. The minimum Gasteiger partial charge on any atom is -0.672 e. The quantitative estimate of drug-likeness (QED) is 0.0907. The van der Waals surface area contributed by atoms with E-state index >= 15 is 0 Å². The van der Waals surface area contributed by atoms with Crippen molar-refractivity contribution in [2.45, 2.75) is 45.6 Å². The molecule has 0 saturated carbocycles. The molecule has 0 aliphatic carbocycles. The Hall–Kier alpha value is -3.08. The standard InChI is InChI=1S/C36H33N2S.3CH3.Hf/c1-23(2)28-19-12-20-29(24(3)4)35(28)38-34(25-13-6-5-7-14-25)36-37-32(22-39-36)33-30-17-10-8-15-26(30)21-27-16-9-11-18-31(27)33;;;;/h5-24,34H,1-4H3;3*1H3;/q4*-1;. The minimum atomic E-state index is -0.177. The average molecular weight is 749 g/mol. The van der Waals surface area contributed by atoms with Gasteiger partial charge >= 0.3 is 0 Å². The van der Waals surface area contributed by atoms with Crippen LogP contribution in [0.2, 0.25) is 0 Å². The van der Waals surface area contributed by atoms with E-state index in [2.05, 4.69) is 136 Å². The second kappa shape index (κ2) is 15.6. The fraction of sp³-hybridized carbons (Fsp3) is 0.179. The van der Waals surface area contributed by atoms with Gasteiger partial charge in [0.05, 0.1) is 10.7 Å². The predicted molar refractivity (Wildman–Crippen MR) is 188 cm³/mol. The fourth-order valence-electron chi connectivity index (χ4n) is 5.52. The fourth-order valence-corrected chi connectivity index (χ4v) is 6.39. The molecule has 5 aromatic carbocycles. The molecule has 0 N–H and O–H groups in total. The summed E-state index contributed by atoms with van der Waals surface area (Å²) in [6.45, 7) is 9.01. The molecule has 0 fully saturated rings. The molecule has 43 heavy (non-hydrogen) atoms. The molecule has 2 nitrogen and oxygen atoms in total. The van der Waals surface area contributed by atoms with Crippen molar-refractivity contribution in [3.8, 4) is 11.3 Å². The normalized spacial score (nSPS) is 11.3. The molecule has 0 radical (unpaired) electrons. The van der Waals surface area contributed by atoms with Gasteiger partial charge < -0.3 is 27.6 Å². The van der Waals surface area contributed by atoms with E-state index in [9.17, 15) is 0 Å². The van der Waals surface area contributed by atoms with Crippen LogP contribution in [0.15, 0.2) is 109 Å². The van der Waals surface area contributed by atoms with Crippen LogP contribution in [0.25, 0.3) is 38.1 Å². The van der Waals surface area contributed by atoms with E-state index in [0.29, 0.717) is 11.8 Å². The first-order valence-electron chi connectivity index (χ1n) is 13.8. The van der Waals surface area contributed by atoms with Crippen molar-refractivity contribution < 1.29 is 25.8 Å². The van der Waals surface area contributed by atoms with Crippen molar-refractivity contribution in [3.05, 3.63) is 158 Å². The maximum Gasteiger partial charge on any atom is 0.0831 e. The maximum absolute atomic E-state index is 5.52.